The third-order valence-electron chi connectivity index (χ3n) is 5.50. The highest BCUT2D eigenvalue weighted by Gasteiger charge is 2.35. The van der Waals surface area contributed by atoms with Crippen LogP contribution >= 0.6 is 0 Å². The summed E-state index contributed by atoms with van der Waals surface area (Å²) >= 11 is 0. The highest BCUT2D eigenvalue weighted by atomic mass is 16.2. The number of nitrogens with zero attached hydrogens (tertiary/aromatic N) is 2. The Labute approximate surface area is 174 Å². The number of fused-ring (bicyclic) bond motifs is 1. The second kappa shape index (κ2) is 8.10. The minimum atomic E-state index is -0.368. The average molecular weight is 405 g/mol. The number of carbonyl (C=O) groups excluding carboxylic acids is 4. The van der Waals surface area contributed by atoms with E-state index in [0.29, 0.717) is 22.4 Å². The molecule has 0 radical (unpaired) electrons. The minimum absolute atomic E-state index is 0.00108. The zero-order valence-electron chi connectivity index (χ0n) is 16.8. The second-order valence-corrected chi connectivity index (χ2v) is 7.69. The van der Waals surface area contributed by atoms with Crippen molar-refractivity contribution in [1.29, 1.82) is 0 Å². The summed E-state index contributed by atoms with van der Waals surface area (Å²) in [6, 6.07) is 11.9. The van der Waals surface area contributed by atoms with Crippen molar-refractivity contribution in [3.8, 4) is 0 Å². The summed E-state index contributed by atoms with van der Waals surface area (Å²) in [4.78, 5) is 52.5. The molecule has 0 atom stereocenters. The lowest BCUT2D eigenvalue weighted by Gasteiger charge is -2.15. The van der Waals surface area contributed by atoms with Gasteiger partial charge in [-0.25, -0.2) is 0 Å². The molecule has 0 spiro atoms. The molecule has 7 nitrogen and oxygen atoms in total. The van der Waals surface area contributed by atoms with Crippen LogP contribution in [0.1, 0.15) is 55.9 Å². The molecule has 30 heavy (non-hydrogen) atoms. The SMILES string of the molecule is Cc1ccc2c(c1)C(=O)N(CCC(=O)Nc1ccc(C(=O)N3CCCC3)cc1)C2=O. The Morgan fingerprint density at radius 1 is 0.933 bits per heavy atom. The maximum atomic E-state index is 12.5. The van der Waals surface area contributed by atoms with Gasteiger partial charge in [0.15, 0.2) is 0 Å². The number of imide groups is 1. The maximum absolute atomic E-state index is 12.5. The summed E-state index contributed by atoms with van der Waals surface area (Å²) in [7, 11) is 0. The van der Waals surface area contributed by atoms with Crippen LogP contribution in [0.5, 0.6) is 0 Å². The number of nitrogens with one attached hydrogen (secondary N) is 1. The molecule has 0 aromatic heterocycles. The van der Waals surface area contributed by atoms with Gasteiger partial charge in [0.2, 0.25) is 5.91 Å². The smallest absolute Gasteiger partial charge is 0.261 e. The molecule has 154 valence electrons. The van der Waals surface area contributed by atoms with E-state index in [-0.39, 0.29) is 36.6 Å². The molecule has 1 saturated heterocycles. The Bertz CT molecular complexity index is 1020. The van der Waals surface area contributed by atoms with E-state index in [9.17, 15) is 19.2 Å². The van der Waals surface area contributed by atoms with Crippen molar-refractivity contribution >= 4 is 29.3 Å². The molecular weight excluding hydrogens is 382 g/mol. The van der Waals surface area contributed by atoms with Crippen LogP contribution in [0.15, 0.2) is 42.5 Å². The average Bonchev–Trinajstić information content (AvgIpc) is 3.35. The predicted molar refractivity (Wildman–Crippen MR) is 111 cm³/mol. The van der Waals surface area contributed by atoms with Gasteiger partial charge < -0.3 is 10.2 Å². The number of likely N-dealkylation sites (tertiary alicyclic amines) is 1. The zero-order valence-corrected chi connectivity index (χ0v) is 16.8. The topological polar surface area (TPSA) is 86.8 Å². The van der Waals surface area contributed by atoms with Gasteiger partial charge >= 0.3 is 0 Å². The normalized spacial score (nSPS) is 15.5. The maximum Gasteiger partial charge on any atom is 0.261 e. The van der Waals surface area contributed by atoms with Gasteiger partial charge in [0.25, 0.3) is 17.7 Å². The molecule has 0 saturated carbocycles. The lowest BCUT2D eigenvalue weighted by atomic mass is 10.1. The van der Waals surface area contributed by atoms with E-state index < -0.39 is 0 Å². The Hall–Kier alpha value is -3.48. The van der Waals surface area contributed by atoms with Crippen molar-refractivity contribution in [3.05, 3.63) is 64.7 Å². The van der Waals surface area contributed by atoms with Gasteiger partial charge in [-0.2, -0.15) is 0 Å². The Morgan fingerprint density at radius 3 is 2.30 bits per heavy atom. The van der Waals surface area contributed by atoms with Crippen molar-refractivity contribution in [1.82, 2.24) is 9.80 Å². The standard InChI is InChI=1S/C23H23N3O4/c1-15-4-9-18-19(14-15)23(30)26(22(18)29)13-10-20(27)24-17-7-5-16(6-8-17)21(28)25-11-2-3-12-25/h4-9,14H,2-3,10-13H2,1H3,(H,24,27). The number of carbonyl (C=O) groups is 4. The van der Waals surface area contributed by atoms with Gasteiger partial charge in [-0.1, -0.05) is 11.6 Å². The van der Waals surface area contributed by atoms with Crippen molar-refractivity contribution in [2.45, 2.75) is 26.2 Å². The molecule has 2 aliphatic heterocycles. The van der Waals surface area contributed by atoms with Crippen LogP contribution in [0.3, 0.4) is 0 Å². The minimum Gasteiger partial charge on any atom is -0.339 e. The summed E-state index contributed by atoms with van der Waals surface area (Å²) in [6.45, 7) is 3.45. The number of anilines is 1. The lowest BCUT2D eigenvalue weighted by molar-refractivity contribution is -0.116. The number of hydrogen-bond donors (Lipinski definition) is 1. The first-order valence-corrected chi connectivity index (χ1v) is 10.1. The van der Waals surface area contributed by atoms with E-state index >= 15 is 0 Å². The fourth-order valence-corrected chi connectivity index (χ4v) is 3.84. The van der Waals surface area contributed by atoms with E-state index in [0.717, 1.165) is 36.4 Å². The summed E-state index contributed by atoms with van der Waals surface area (Å²) in [5, 5.41) is 2.75. The molecule has 1 fully saturated rings. The quantitative estimate of drug-likeness (QED) is 0.775. The fourth-order valence-electron chi connectivity index (χ4n) is 3.84. The van der Waals surface area contributed by atoms with Gasteiger partial charge in [0.05, 0.1) is 11.1 Å². The summed E-state index contributed by atoms with van der Waals surface area (Å²) in [5.74, 6) is -1.03. The lowest BCUT2D eigenvalue weighted by Crippen LogP contribution is -2.32. The van der Waals surface area contributed by atoms with Gasteiger partial charge in [-0.05, 0) is 56.2 Å². The largest absolute Gasteiger partial charge is 0.339 e. The first-order valence-electron chi connectivity index (χ1n) is 10.1. The number of rotatable bonds is 5. The monoisotopic (exact) mass is 405 g/mol. The zero-order chi connectivity index (χ0) is 21.3. The molecule has 4 rings (SSSR count). The Kier molecular flexibility index (Phi) is 5.35. The van der Waals surface area contributed by atoms with E-state index in [2.05, 4.69) is 5.32 Å². The van der Waals surface area contributed by atoms with E-state index in [1.807, 2.05) is 11.8 Å². The van der Waals surface area contributed by atoms with Crippen LogP contribution < -0.4 is 5.32 Å². The van der Waals surface area contributed by atoms with Crippen LogP contribution in [0.25, 0.3) is 0 Å². The highest BCUT2D eigenvalue weighted by molar-refractivity contribution is 6.21. The first-order chi connectivity index (χ1) is 14.4. The van der Waals surface area contributed by atoms with Crippen LogP contribution in [0.2, 0.25) is 0 Å². The van der Waals surface area contributed by atoms with Gasteiger partial charge in [0.1, 0.15) is 0 Å². The van der Waals surface area contributed by atoms with Gasteiger partial charge in [0, 0.05) is 37.3 Å². The van der Waals surface area contributed by atoms with Crippen molar-refractivity contribution in [2.75, 3.05) is 25.0 Å². The van der Waals surface area contributed by atoms with E-state index in [1.165, 1.54) is 0 Å². The Morgan fingerprint density at radius 2 is 1.60 bits per heavy atom. The van der Waals surface area contributed by atoms with Gasteiger partial charge in [-0.15, -0.1) is 0 Å². The van der Waals surface area contributed by atoms with Gasteiger partial charge in [-0.3, -0.25) is 24.1 Å². The third-order valence-corrected chi connectivity index (χ3v) is 5.50. The van der Waals surface area contributed by atoms with Crippen LogP contribution in [-0.2, 0) is 4.79 Å². The van der Waals surface area contributed by atoms with Crippen molar-refractivity contribution in [3.63, 3.8) is 0 Å². The van der Waals surface area contributed by atoms with E-state index in [1.54, 1.807) is 42.5 Å². The van der Waals surface area contributed by atoms with Crippen molar-refractivity contribution < 1.29 is 19.2 Å². The summed E-state index contributed by atoms with van der Waals surface area (Å²) < 4.78 is 0. The molecular formula is C23H23N3O4. The van der Waals surface area contributed by atoms with E-state index in [4.69, 9.17) is 0 Å². The number of amides is 4. The molecule has 1 N–H and O–H groups in total. The Balaban J connectivity index is 1.32. The number of hydrogen-bond acceptors (Lipinski definition) is 4. The molecule has 4 amide bonds. The summed E-state index contributed by atoms with van der Waals surface area (Å²) in [6.07, 6.45) is 2.07. The predicted octanol–water partition coefficient (Wildman–Crippen LogP) is 2.86. The van der Waals surface area contributed by atoms with Crippen LogP contribution in [0, 0.1) is 6.92 Å². The molecule has 7 heteroatoms. The second-order valence-electron chi connectivity index (χ2n) is 7.69. The number of aryl methyl sites for hydroxylation is 1. The van der Waals surface area contributed by atoms with Crippen molar-refractivity contribution in [2.24, 2.45) is 0 Å². The third kappa shape index (κ3) is 3.83. The molecule has 0 bridgehead atoms. The molecule has 0 aliphatic carbocycles. The fraction of sp³-hybridized carbons (Fsp3) is 0.304. The highest BCUT2D eigenvalue weighted by Crippen LogP contribution is 2.24. The van der Waals surface area contributed by atoms with Crippen LogP contribution in [0.4, 0.5) is 5.69 Å². The summed E-state index contributed by atoms with van der Waals surface area (Å²) in [5.41, 5.74) is 2.83. The molecule has 2 heterocycles. The molecule has 2 aromatic carbocycles. The molecule has 2 aliphatic rings. The van der Waals surface area contributed by atoms with Crippen LogP contribution in [-0.4, -0.2) is 53.1 Å². The first kappa shape index (κ1) is 19.8. The molecule has 2 aromatic rings. The molecule has 0 unspecified atom stereocenters. The number of benzene rings is 2.